The molecule has 3 aromatic heterocycles. The fourth-order valence-corrected chi connectivity index (χ4v) is 4.04. The van der Waals surface area contributed by atoms with E-state index in [0.717, 1.165) is 11.7 Å². The van der Waals surface area contributed by atoms with Gasteiger partial charge in [-0.3, -0.25) is 9.78 Å². The standard InChI is InChI=1S/C22H19FN4O2/c1-21(2)13-22(29-3,9-14(10-24)20(21)28)19-16(8-15(23)11-25-19)17-12-26-27-7-5-4-6-18(17)27/h4-9,11-12H,13H2,1-3H3. The number of nitriles is 1. The Kier molecular flexibility index (Phi) is 4.32. The van der Waals surface area contributed by atoms with Gasteiger partial charge in [-0.1, -0.05) is 19.9 Å². The van der Waals surface area contributed by atoms with Gasteiger partial charge in [-0.05, 0) is 30.7 Å². The summed E-state index contributed by atoms with van der Waals surface area (Å²) in [4.78, 5) is 17.0. The molecule has 1 aliphatic carbocycles. The molecule has 3 aromatic rings. The molecule has 0 bridgehead atoms. The van der Waals surface area contributed by atoms with Gasteiger partial charge in [-0.25, -0.2) is 8.91 Å². The fraction of sp³-hybridized carbons (Fsp3) is 0.273. The molecule has 0 fully saturated rings. The third-order valence-corrected chi connectivity index (χ3v) is 5.40. The largest absolute Gasteiger partial charge is 0.368 e. The van der Waals surface area contributed by atoms with Crippen LogP contribution in [0.2, 0.25) is 0 Å². The van der Waals surface area contributed by atoms with Crippen LogP contribution in [-0.4, -0.2) is 27.5 Å². The zero-order chi connectivity index (χ0) is 20.8. The summed E-state index contributed by atoms with van der Waals surface area (Å²) in [6.45, 7) is 3.54. The highest BCUT2D eigenvalue weighted by Crippen LogP contribution is 2.47. The Balaban J connectivity index is 2.02. The van der Waals surface area contributed by atoms with E-state index in [1.54, 1.807) is 30.8 Å². The summed E-state index contributed by atoms with van der Waals surface area (Å²) in [6.07, 6.45) is 6.34. The number of allylic oxidation sites excluding steroid dienone is 1. The molecule has 1 aliphatic rings. The molecule has 6 nitrogen and oxygen atoms in total. The van der Waals surface area contributed by atoms with Gasteiger partial charge in [0.15, 0.2) is 5.78 Å². The number of halogens is 1. The van der Waals surface area contributed by atoms with Crippen molar-refractivity contribution in [1.82, 2.24) is 14.6 Å². The van der Waals surface area contributed by atoms with Crippen molar-refractivity contribution in [1.29, 1.82) is 5.26 Å². The molecule has 0 saturated carbocycles. The highest BCUT2D eigenvalue weighted by Gasteiger charge is 2.48. The minimum absolute atomic E-state index is 0.0139. The van der Waals surface area contributed by atoms with E-state index in [4.69, 9.17) is 4.74 Å². The molecule has 1 atom stereocenters. The van der Waals surface area contributed by atoms with Gasteiger partial charge in [-0.2, -0.15) is 10.4 Å². The van der Waals surface area contributed by atoms with Crippen molar-refractivity contribution in [3.05, 3.63) is 66.0 Å². The SMILES string of the molecule is COC1(c2ncc(F)cc2-c2cnn3ccccc23)C=C(C#N)C(=O)C(C)(C)C1. The molecule has 4 rings (SSSR count). The monoisotopic (exact) mass is 390 g/mol. The van der Waals surface area contributed by atoms with E-state index in [0.29, 0.717) is 16.8 Å². The minimum atomic E-state index is -1.16. The summed E-state index contributed by atoms with van der Waals surface area (Å²) in [6, 6.07) is 8.96. The van der Waals surface area contributed by atoms with E-state index in [9.17, 15) is 14.4 Å². The molecule has 7 heteroatoms. The number of hydrogen-bond acceptors (Lipinski definition) is 5. The van der Waals surface area contributed by atoms with Gasteiger partial charge in [0.25, 0.3) is 0 Å². The quantitative estimate of drug-likeness (QED) is 0.679. The van der Waals surface area contributed by atoms with Crippen molar-refractivity contribution in [3.8, 4) is 17.2 Å². The second-order valence-electron chi connectivity index (χ2n) is 7.79. The number of carbonyl (C=O) groups excluding carboxylic acids is 1. The maximum Gasteiger partial charge on any atom is 0.178 e. The summed E-state index contributed by atoms with van der Waals surface area (Å²) in [7, 11) is 1.50. The highest BCUT2D eigenvalue weighted by atomic mass is 19.1. The van der Waals surface area contributed by atoms with Crippen LogP contribution in [0.15, 0.2) is 54.5 Å². The molecule has 0 amide bonds. The van der Waals surface area contributed by atoms with Gasteiger partial charge >= 0.3 is 0 Å². The van der Waals surface area contributed by atoms with Gasteiger partial charge in [0.05, 0.1) is 29.2 Å². The maximum absolute atomic E-state index is 14.2. The van der Waals surface area contributed by atoms with E-state index >= 15 is 0 Å². The van der Waals surface area contributed by atoms with Gasteiger partial charge in [-0.15, -0.1) is 0 Å². The third-order valence-electron chi connectivity index (χ3n) is 5.40. The summed E-state index contributed by atoms with van der Waals surface area (Å²) < 4.78 is 21.8. The van der Waals surface area contributed by atoms with Gasteiger partial charge in [0.1, 0.15) is 17.5 Å². The van der Waals surface area contributed by atoms with Crippen LogP contribution in [0.1, 0.15) is 26.0 Å². The molecular formula is C22H19FN4O2. The normalized spacial score (nSPS) is 21.1. The minimum Gasteiger partial charge on any atom is -0.368 e. The number of carbonyl (C=O) groups is 1. The average Bonchev–Trinajstić information content (AvgIpc) is 3.14. The predicted molar refractivity (Wildman–Crippen MR) is 104 cm³/mol. The Bertz CT molecular complexity index is 1200. The van der Waals surface area contributed by atoms with Crippen molar-refractivity contribution in [2.45, 2.75) is 25.9 Å². The summed E-state index contributed by atoms with van der Waals surface area (Å²) in [5.41, 5.74) is 0.424. The Morgan fingerprint density at radius 2 is 2.07 bits per heavy atom. The molecule has 0 aromatic carbocycles. The van der Waals surface area contributed by atoms with E-state index < -0.39 is 16.8 Å². The molecule has 0 N–H and O–H groups in total. The first-order valence-corrected chi connectivity index (χ1v) is 9.13. The van der Waals surface area contributed by atoms with Crippen LogP contribution in [-0.2, 0) is 15.1 Å². The zero-order valence-electron chi connectivity index (χ0n) is 16.3. The van der Waals surface area contributed by atoms with E-state index in [1.807, 2.05) is 24.3 Å². The molecule has 29 heavy (non-hydrogen) atoms. The van der Waals surface area contributed by atoms with Crippen LogP contribution in [0.3, 0.4) is 0 Å². The van der Waals surface area contributed by atoms with Crippen LogP contribution >= 0.6 is 0 Å². The molecule has 0 saturated heterocycles. The number of rotatable bonds is 3. The van der Waals surface area contributed by atoms with Crippen molar-refractivity contribution >= 4 is 11.3 Å². The molecule has 0 radical (unpaired) electrons. The number of hydrogen-bond donors (Lipinski definition) is 0. The van der Waals surface area contributed by atoms with Gasteiger partial charge in [0, 0.05) is 29.8 Å². The Morgan fingerprint density at radius 1 is 1.28 bits per heavy atom. The number of fused-ring (bicyclic) bond motifs is 1. The number of Topliss-reactive ketones (excluding diaryl/α,β-unsaturated/α-hetero) is 1. The lowest BCUT2D eigenvalue weighted by Crippen LogP contribution is -2.42. The third kappa shape index (κ3) is 2.93. The molecular weight excluding hydrogens is 371 g/mol. The topological polar surface area (TPSA) is 80.3 Å². The lowest BCUT2D eigenvalue weighted by atomic mass is 9.68. The maximum atomic E-state index is 14.2. The smallest absolute Gasteiger partial charge is 0.178 e. The number of methoxy groups -OCH3 is 1. The van der Waals surface area contributed by atoms with E-state index in [-0.39, 0.29) is 17.8 Å². The lowest BCUT2D eigenvalue weighted by Gasteiger charge is -2.40. The number of pyridine rings is 2. The first kappa shape index (κ1) is 19.0. The molecule has 1 unspecified atom stereocenters. The number of aromatic nitrogens is 3. The number of ketones is 1. The van der Waals surface area contributed by atoms with E-state index in [1.165, 1.54) is 19.3 Å². The molecule has 0 aliphatic heterocycles. The van der Waals surface area contributed by atoms with Crippen LogP contribution < -0.4 is 0 Å². The Labute approximate surface area is 167 Å². The number of ether oxygens (including phenoxy) is 1. The molecule has 0 spiro atoms. The van der Waals surface area contributed by atoms with Crippen molar-refractivity contribution < 1.29 is 13.9 Å². The predicted octanol–water partition coefficient (Wildman–Crippen LogP) is 3.83. The first-order chi connectivity index (χ1) is 13.8. The van der Waals surface area contributed by atoms with Crippen LogP contribution in [0.5, 0.6) is 0 Å². The molecule has 3 heterocycles. The summed E-state index contributed by atoms with van der Waals surface area (Å²) in [5, 5.41) is 13.9. The average molecular weight is 390 g/mol. The van der Waals surface area contributed by atoms with Crippen LogP contribution in [0, 0.1) is 22.6 Å². The Hall–Kier alpha value is -3.37. The second kappa shape index (κ2) is 6.61. The van der Waals surface area contributed by atoms with Crippen molar-refractivity contribution in [3.63, 3.8) is 0 Å². The fourth-order valence-electron chi connectivity index (χ4n) is 4.04. The molecule has 146 valence electrons. The summed E-state index contributed by atoms with van der Waals surface area (Å²) >= 11 is 0. The Morgan fingerprint density at radius 3 is 2.79 bits per heavy atom. The second-order valence-corrected chi connectivity index (χ2v) is 7.79. The highest BCUT2D eigenvalue weighted by molar-refractivity contribution is 6.04. The van der Waals surface area contributed by atoms with E-state index in [2.05, 4.69) is 10.1 Å². The summed E-state index contributed by atoms with van der Waals surface area (Å²) in [5.74, 6) is -0.742. The van der Waals surface area contributed by atoms with Crippen molar-refractivity contribution in [2.75, 3.05) is 7.11 Å². The number of nitrogens with zero attached hydrogens (tertiary/aromatic N) is 4. The zero-order valence-corrected chi connectivity index (χ0v) is 16.3. The lowest BCUT2D eigenvalue weighted by molar-refractivity contribution is -0.128. The van der Waals surface area contributed by atoms with Gasteiger partial charge in [0.2, 0.25) is 0 Å². The van der Waals surface area contributed by atoms with Gasteiger partial charge < -0.3 is 4.74 Å². The van der Waals surface area contributed by atoms with Crippen molar-refractivity contribution in [2.24, 2.45) is 5.41 Å². The first-order valence-electron chi connectivity index (χ1n) is 9.13. The van der Waals surface area contributed by atoms with Crippen LogP contribution in [0.25, 0.3) is 16.6 Å². The van der Waals surface area contributed by atoms with Crippen LogP contribution in [0.4, 0.5) is 4.39 Å².